The number of benzene rings is 1. The Kier molecular flexibility index (Phi) is 10.0. The first kappa shape index (κ1) is 26.5. The van der Waals surface area contributed by atoms with Crippen molar-refractivity contribution in [2.24, 2.45) is 5.92 Å². The molecule has 10 nitrogen and oxygen atoms in total. The van der Waals surface area contributed by atoms with Gasteiger partial charge >= 0.3 is 0 Å². The maximum atomic E-state index is 12.9. The van der Waals surface area contributed by atoms with Crippen molar-refractivity contribution in [3.8, 4) is 0 Å². The molecule has 3 amide bonds. The molecule has 0 unspecified atom stereocenters. The minimum Gasteiger partial charge on any atom is -0.394 e. The fourth-order valence-electron chi connectivity index (χ4n) is 3.17. The summed E-state index contributed by atoms with van der Waals surface area (Å²) in [6.07, 6.45) is 0. The Balaban J connectivity index is 3.66. The number of amides is 3. The first-order valence-electron chi connectivity index (χ1n) is 10.0. The topological polar surface area (TPSA) is 168 Å². The first-order chi connectivity index (χ1) is 14.5. The fraction of sp³-hybridized carbons (Fsp3) is 0.571. The second-order valence-electron chi connectivity index (χ2n) is 7.72. The number of anilines is 1. The minimum absolute atomic E-state index is 0.117. The van der Waals surface area contributed by atoms with Gasteiger partial charge in [-0.1, -0.05) is 13.8 Å². The van der Waals surface area contributed by atoms with E-state index in [-0.39, 0.29) is 23.0 Å². The monoisotopic (exact) mass is 439 g/mol. The summed E-state index contributed by atoms with van der Waals surface area (Å²) in [4.78, 5) is 38.3. The van der Waals surface area contributed by atoms with Crippen LogP contribution in [0.25, 0.3) is 0 Å². The highest BCUT2D eigenvalue weighted by molar-refractivity contribution is 6.08. The summed E-state index contributed by atoms with van der Waals surface area (Å²) < 4.78 is 0. The average Bonchev–Trinajstić information content (AvgIpc) is 2.72. The maximum absolute atomic E-state index is 12.9. The van der Waals surface area contributed by atoms with Crippen LogP contribution in [0.3, 0.4) is 0 Å². The lowest BCUT2D eigenvalue weighted by atomic mass is 9.89. The predicted molar refractivity (Wildman–Crippen MR) is 115 cm³/mol. The van der Waals surface area contributed by atoms with Gasteiger partial charge in [0.15, 0.2) is 0 Å². The third-order valence-corrected chi connectivity index (χ3v) is 5.03. The van der Waals surface area contributed by atoms with Crippen LogP contribution >= 0.6 is 0 Å². The van der Waals surface area contributed by atoms with Crippen molar-refractivity contribution in [1.82, 2.24) is 10.6 Å². The summed E-state index contributed by atoms with van der Waals surface area (Å²) in [6.45, 7) is 6.31. The Morgan fingerprint density at radius 3 is 1.35 bits per heavy atom. The molecule has 0 atom stereocenters. The molecule has 1 aromatic carbocycles. The lowest BCUT2D eigenvalue weighted by Crippen LogP contribution is -2.42. The van der Waals surface area contributed by atoms with Crippen LogP contribution in [0.1, 0.15) is 51.3 Å². The van der Waals surface area contributed by atoms with Crippen LogP contribution < -0.4 is 16.0 Å². The van der Waals surface area contributed by atoms with Crippen molar-refractivity contribution in [2.45, 2.75) is 46.7 Å². The number of nitrogens with one attached hydrogen (secondary N) is 3. The number of carbonyl (C=O) groups excluding carboxylic acids is 3. The van der Waals surface area contributed by atoms with Crippen molar-refractivity contribution in [1.29, 1.82) is 0 Å². The van der Waals surface area contributed by atoms with E-state index in [0.29, 0.717) is 22.4 Å². The van der Waals surface area contributed by atoms with Crippen molar-refractivity contribution in [2.75, 3.05) is 31.7 Å². The SMILES string of the molecule is Cc1c(NC(=O)C(C)C)c(C)c(C(=O)NC(CO)CO)c(C)c1C(=O)NC(CO)CO. The Hall–Kier alpha value is -2.53. The number of rotatable bonds is 10. The van der Waals surface area contributed by atoms with E-state index < -0.39 is 50.3 Å². The van der Waals surface area contributed by atoms with E-state index in [1.165, 1.54) is 0 Å². The molecule has 31 heavy (non-hydrogen) atoms. The van der Waals surface area contributed by atoms with E-state index in [0.717, 1.165) is 0 Å². The zero-order chi connectivity index (χ0) is 23.9. The van der Waals surface area contributed by atoms with Crippen molar-refractivity contribution in [3.05, 3.63) is 27.8 Å². The molecule has 0 aromatic heterocycles. The van der Waals surface area contributed by atoms with Gasteiger partial charge in [-0.3, -0.25) is 14.4 Å². The van der Waals surface area contributed by atoms with Gasteiger partial charge in [0.25, 0.3) is 11.8 Å². The van der Waals surface area contributed by atoms with Gasteiger partial charge in [0.05, 0.1) is 38.5 Å². The largest absolute Gasteiger partial charge is 0.394 e. The highest BCUT2D eigenvalue weighted by Crippen LogP contribution is 2.32. The molecule has 0 saturated carbocycles. The third kappa shape index (κ3) is 6.23. The van der Waals surface area contributed by atoms with Gasteiger partial charge < -0.3 is 36.4 Å². The summed E-state index contributed by atoms with van der Waals surface area (Å²) in [6, 6.07) is -1.79. The maximum Gasteiger partial charge on any atom is 0.252 e. The second kappa shape index (κ2) is 11.8. The summed E-state index contributed by atoms with van der Waals surface area (Å²) in [5.74, 6) is -1.91. The lowest BCUT2D eigenvalue weighted by Gasteiger charge is -2.24. The van der Waals surface area contributed by atoms with Crippen LogP contribution in [-0.2, 0) is 4.79 Å². The summed E-state index contributed by atoms with van der Waals surface area (Å²) in [5, 5.41) is 44.9. The molecular weight excluding hydrogens is 406 g/mol. The third-order valence-electron chi connectivity index (χ3n) is 5.03. The lowest BCUT2D eigenvalue weighted by molar-refractivity contribution is -0.118. The molecule has 10 heteroatoms. The van der Waals surface area contributed by atoms with E-state index in [9.17, 15) is 34.8 Å². The number of hydrogen-bond acceptors (Lipinski definition) is 7. The normalized spacial score (nSPS) is 11.2. The van der Waals surface area contributed by atoms with Gasteiger partial charge in [-0.2, -0.15) is 0 Å². The van der Waals surface area contributed by atoms with Crippen LogP contribution in [0.4, 0.5) is 5.69 Å². The molecule has 0 aliphatic heterocycles. The van der Waals surface area contributed by atoms with Crippen LogP contribution in [0.5, 0.6) is 0 Å². The zero-order valence-electron chi connectivity index (χ0n) is 18.6. The van der Waals surface area contributed by atoms with E-state index in [4.69, 9.17) is 0 Å². The predicted octanol–water partition coefficient (Wildman–Crippen LogP) is -0.628. The molecule has 0 fully saturated rings. The Labute approximate surface area is 181 Å². The molecule has 174 valence electrons. The molecule has 0 aliphatic carbocycles. The number of aliphatic hydroxyl groups is 4. The number of aliphatic hydroxyl groups excluding tert-OH is 4. The first-order valence-corrected chi connectivity index (χ1v) is 10.0. The van der Waals surface area contributed by atoms with Gasteiger partial charge in [0, 0.05) is 22.7 Å². The second-order valence-corrected chi connectivity index (χ2v) is 7.72. The molecule has 1 aromatic rings. The Morgan fingerprint density at radius 1 is 0.710 bits per heavy atom. The van der Waals surface area contributed by atoms with Crippen molar-refractivity contribution in [3.63, 3.8) is 0 Å². The molecule has 1 rings (SSSR count). The minimum atomic E-state index is -0.897. The van der Waals surface area contributed by atoms with E-state index in [1.54, 1.807) is 34.6 Å². The number of hydrogen-bond donors (Lipinski definition) is 7. The van der Waals surface area contributed by atoms with Crippen LogP contribution in [0.2, 0.25) is 0 Å². The molecule has 0 spiro atoms. The van der Waals surface area contributed by atoms with Crippen LogP contribution in [-0.4, -0.2) is 76.7 Å². The highest BCUT2D eigenvalue weighted by Gasteiger charge is 2.28. The standard InChI is InChI=1S/C21H33N3O7/c1-10(2)19(29)24-18-12(4)16(20(30)22-14(6-25)7-26)11(3)17(13(18)5)21(31)23-15(8-27)9-28/h10,14-15,25-28H,6-9H2,1-5H3,(H,22,30)(H,23,31)(H,24,29). The van der Waals surface area contributed by atoms with Crippen LogP contribution in [0.15, 0.2) is 0 Å². The average molecular weight is 440 g/mol. The smallest absolute Gasteiger partial charge is 0.252 e. The molecule has 0 saturated heterocycles. The van der Waals surface area contributed by atoms with Crippen LogP contribution in [0, 0.1) is 26.7 Å². The zero-order valence-corrected chi connectivity index (χ0v) is 18.6. The van der Waals surface area contributed by atoms with Gasteiger partial charge in [-0.05, 0) is 37.5 Å². The van der Waals surface area contributed by atoms with E-state index in [2.05, 4.69) is 16.0 Å². The van der Waals surface area contributed by atoms with Gasteiger partial charge in [-0.15, -0.1) is 0 Å². The quantitative estimate of drug-likeness (QED) is 0.255. The Bertz CT molecular complexity index is 763. The fourth-order valence-corrected chi connectivity index (χ4v) is 3.17. The summed E-state index contributed by atoms with van der Waals surface area (Å²) in [5.41, 5.74) is 1.70. The van der Waals surface area contributed by atoms with Crippen molar-refractivity contribution >= 4 is 23.4 Å². The molecule has 0 radical (unpaired) electrons. The van der Waals surface area contributed by atoms with Gasteiger partial charge in [0.2, 0.25) is 5.91 Å². The molecule has 7 N–H and O–H groups in total. The van der Waals surface area contributed by atoms with Gasteiger partial charge in [0.1, 0.15) is 0 Å². The van der Waals surface area contributed by atoms with E-state index >= 15 is 0 Å². The molecule has 0 bridgehead atoms. The Morgan fingerprint density at radius 2 is 1.06 bits per heavy atom. The number of carbonyl (C=O) groups is 3. The molecular formula is C21H33N3O7. The molecule has 0 aliphatic rings. The van der Waals surface area contributed by atoms with E-state index in [1.807, 2.05) is 0 Å². The van der Waals surface area contributed by atoms with Crippen molar-refractivity contribution < 1.29 is 34.8 Å². The van der Waals surface area contributed by atoms with Gasteiger partial charge in [-0.25, -0.2) is 0 Å². The summed E-state index contributed by atoms with van der Waals surface area (Å²) >= 11 is 0. The molecule has 0 heterocycles. The highest BCUT2D eigenvalue weighted by atomic mass is 16.3. The summed E-state index contributed by atoms with van der Waals surface area (Å²) in [7, 11) is 0.